The van der Waals surface area contributed by atoms with Gasteiger partial charge in [-0.05, 0) is 24.7 Å². The summed E-state index contributed by atoms with van der Waals surface area (Å²) < 4.78 is 0. The molecule has 19 heavy (non-hydrogen) atoms. The van der Waals surface area contributed by atoms with Crippen LogP contribution in [0.3, 0.4) is 0 Å². The zero-order valence-corrected chi connectivity index (χ0v) is 11.2. The van der Waals surface area contributed by atoms with Crippen molar-refractivity contribution in [1.29, 1.82) is 0 Å². The molecule has 7 heteroatoms. The molecule has 0 amide bonds. The van der Waals surface area contributed by atoms with Gasteiger partial charge in [0.1, 0.15) is 6.20 Å². The van der Waals surface area contributed by atoms with Gasteiger partial charge in [-0.25, -0.2) is 4.98 Å². The molecule has 0 bridgehead atoms. The zero-order valence-electron chi connectivity index (χ0n) is 11.2. The second-order valence-corrected chi connectivity index (χ2v) is 5.26. The number of nitrogens with zero attached hydrogens (tertiary/aromatic N) is 4. The lowest BCUT2D eigenvalue weighted by Crippen LogP contribution is -2.36. The molecule has 0 atom stereocenters. The van der Waals surface area contributed by atoms with Crippen LogP contribution in [-0.2, 0) is 0 Å². The Kier molecular flexibility index (Phi) is 3.82. The van der Waals surface area contributed by atoms with Crippen molar-refractivity contribution in [2.24, 2.45) is 11.8 Å². The molecule has 0 saturated carbocycles. The van der Waals surface area contributed by atoms with Crippen molar-refractivity contribution in [3.63, 3.8) is 0 Å². The highest BCUT2D eigenvalue weighted by Gasteiger charge is 2.27. The highest BCUT2D eigenvalue weighted by atomic mass is 16.6. The van der Waals surface area contributed by atoms with Crippen LogP contribution in [0, 0.1) is 22.0 Å². The molecule has 0 aliphatic carbocycles. The first kappa shape index (κ1) is 13.5. The van der Waals surface area contributed by atoms with Crippen molar-refractivity contribution >= 4 is 17.5 Å². The van der Waals surface area contributed by atoms with Crippen LogP contribution in [0.5, 0.6) is 0 Å². The van der Waals surface area contributed by atoms with E-state index in [2.05, 4.69) is 23.8 Å². The van der Waals surface area contributed by atoms with Gasteiger partial charge < -0.3 is 10.6 Å². The average molecular weight is 265 g/mol. The standard InChI is InChI=1S/C12H19N5O2/c1-8(2)9-3-5-16(6-4-9)11-10(17(18)19)7-14-12(13)15-11/h7-9H,3-6H2,1-2H3,(H2,13,14,15). The Morgan fingerprint density at radius 3 is 2.63 bits per heavy atom. The molecule has 7 nitrogen and oxygen atoms in total. The molecule has 2 heterocycles. The fourth-order valence-corrected chi connectivity index (χ4v) is 2.52. The van der Waals surface area contributed by atoms with Gasteiger partial charge in [-0.15, -0.1) is 0 Å². The Balaban J connectivity index is 2.19. The predicted molar refractivity (Wildman–Crippen MR) is 72.9 cm³/mol. The number of piperidine rings is 1. The highest BCUT2D eigenvalue weighted by molar-refractivity contribution is 5.58. The number of nitro groups is 1. The van der Waals surface area contributed by atoms with Crippen molar-refractivity contribution in [2.75, 3.05) is 23.7 Å². The summed E-state index contributed by atoms with van der Waals surface area (Å²) >= 11 is 0. The van der Waals surface area contributed by atoms with Crippen LogP contribution in [0.15, 0.2) is 6.20 Å². The molecule has 1 fully saturated rings. The number of anilines is 2. The minimum absolute atomic E-state index is 0.0720. The van der Waals surface area contributed by atoms with E-state index in [9.17, 15) is 10.1 Å². The molecule has 1 aromatic heterocycles. The first-order valence-corrected chi connectivity index (χ1v) is 6.51. The summed E-state index contributed by atoms with van der Waals surface area (Å²) in [6, 6.07) is 0. The second-order valence-electron chi connectivity index (χ2n) is 5.26. The summed E-state index contributed by atoms with van der Waals surface area (Å²) in [6.45, 7) is 5.98. The normalized spacial score (nSPS) is 16.9. The van der Waals surface area contributed by atoms with Crippen LogP contribution in [0.1, 0.15) is 26.7 Å². The van der Waals surface area contributed by atoms with Gasteiger partial charge >= 0.3 is 5.69 Å². The first-order chi connectivity index (χ1) is 8.99. The van der Waals surface area contributed by atoms with E-state index in [1.165, 1.54) is 6.20 Å². The Bertz CT molecular complexity index is 469. The summed E-state index contributed by atoms with van der Waals surface area (Å²) in [6.07, 6.45) is 3.24. The van der Waals surface area contributed by atoms with E-state index >= 15 is 0 Å². The monoisotopic (exact) mass is 265 g/mol. The zero-order chi connectivity index (χ0) is 14.0. The fourth-order valence-electron chi connectivity index (χ4n) is 2.52. The van der Waals surface area contributed by atoms with Crippen LogP contribution < -0.4 is 10.6 Å². The average Bonchev–Trinajstić information content (AvgIpc) is 2.38. The van der Waals surface area contributed by atoms with Crippen molar-refractivity contribution in [3.8, 4) is 0 Å². The molecule has 2 N–H and O–H groups in total. The lowest BCUT2D eigenvalue weighted by atomic mass is 9.87. The number of nitrogens with two attached hydrogens (primary N) is 1. The minimum atomic E-state index is -0.455. The van der Waals surface area contributed by atoms with E-state index in [1.54, 1.807) is 0 Å². The third-order valence-electron chi connectivity index (χ3n) is 3.75. The molecule has 1 aliphatic heterocycles. The van der Waals surface area contributed by atoms with Gasteiger partial charge in [-0.3, -0.25) is 10.1 Å². The van der Waals surface area contributed by atoms with E-state index in [0.717, 1.165) is 25.9 Å². The number of hydrogen-bond donors (Lipinski definition) is 1. The van der Waals surface area contributed by atoms with Gasteiger partial charge in [-0.1, -0.05) is 13.8 Å². The highest BCUT2D eigenvalue weighted by Crippen LogP contribution is 2.31. The maximum Gasteiger partial charge on any atom is 0.329 e. The molecule has 2 rings (SSSR count). The third-order valence-corrected chi connectivity index (χ3v) is 3.75. The summed E-state index contributed by atoms with van der Waals surface area (Å²) in [7, 11) is 0. The van der Waals surface area contributed by atoms with Crippen LogP contribution in [0.2, 0.25) is 0 Å². The van der Waals surface area contributed by atoms with E-state index < -0.39 is 4.92 Å². The summed E-state index contributed by atoms with van der Waals surface area (Å²) in [5, 5.41) is 11.0. The third kappa shape index (κ3) is 2.91. The van der Waals surface area contributed by atoms with E-state index in [1.807, 2.05) is 4.90 Å². The fraction of sp³-hybridized carbons (Fsp3) is 0.667. The number of nitrogen functional groups attached to an aromatic ring is 1. The molecular weight excluding hydrogens is 246 g/mol. The topological polar surface area (TPSA) is 98.2 Å². The SMILES string of the molecule is CC(C)C1CCN(c2nc(N)ncc2[N+](=O)[O-])CC1. The van der Waals surface area contributed by atoms with Gasteiger partial charge in [0.15, 0.2) is 0 Å². The molecule has 104 valence electrons. The van der Waals surface area contributed by atoms with Gasteiger partial charge in [0, 0.05) is 13.1 Å². The van der Waals surface area contributed by atoms with Crippen LogP contribution in [-0.4, -0.2) is 28.0 Å². The Morgan fingerprint density at radius 2 is 2.11 bits per heavy atom. The Morgan fingerprint density at radius 1 is 1.47 bits per heavy atom. The van der Waals surface area contributed by atoms with Gasteiger partial charge in [0.2, 0.25) is 11.8 Å². The summed E-state index contributed by atoms with van der Waals surface area (Å²) in [5.74, 6) is 1.74. The van der Waals surface area contributed by atoms with Gasteiger partial charge in [0.05, 0.1) is 4.92 Å². The number of aromatic nitrogens is 2. The van der Waals surface area contributed by atoms with Crippen molar-refractivity contribution < 1.29 is 4.92 Å². The van der Waals surface area contributed by atoms with Crippen LogP contribution in [0.4, 0.5) is 17.5 Å². The Hall–Kier alpha value is -1.92. The quantitative estimate of drug-likeness (QED) is 0.661. The lowest BCUT2D eigenvalue weighted by molar-refractivity contribution is -0.384. The van der Waals surface area contributed by atoms with E-state index in [4.69, 9.17) is 5.73 Å². The molecule has 1 saturated heterocycles. The molecule has 0 aromatic carbocycles. The maximum atomic E-state index is 11.0. The molecular formula is C12H19N5O2. The van der Waals surface area contributed by atoms with Crippen molar-refractivity contribution in [2.45, 2.75) is 26.7 Å². The van der Waals surface area contributed by atoms with Crippen molar-refractivity contribution in [3.05, 3.63) is 16.3 Å². The number of rotatable bonds is 3. The lowest BCUT2D eigenvalue weighted by Gasteiger charge is -2.34. The van der Waals surface area contributed by atoms with Crippen LogP contribution in [0.25, 0.3) is 0 Å². The molecule has 1 aromatic rings. The van der Waals surface area contributed by atoms with E-state index in [0.29, 0.717) is 17.7 Å². The van der Waals surface area contributed by atoms with Crippen LogP contribution >= 0.6 is 0 Å². The van der Waals surface area contributed by atoms with Gasteiger partial charge in [-0.2, -0.15) is 4.98 Å². The second kappa shape index (κ2) is 5.38. The minimum Gasteiger partial charge on any atom is -0.368 e. The first-order valence-electron chi connectivity index (χ1n) is 6.51. The molecule has 0 spiro atoms. The maximum absolute atomic E-state index is 11.0. The predicted octanol–water partition coefficient (Wildman–Crippen LogP) is 1.84. The molecule has 0 radical (unpaired) electrons. The summed E-state index contributed by atoms with van der Waals surface area (Å²) in [4.78, 5) is 20.2. The van der Waals surface area contributed by atoms with Gasteiger partial charge in [0.25, 0.3) is 0 Å². The summed E-state index contributed by atoms with van der Waals surface area (Å²) in [5.41, 5.74) is 5.47. The smallest absolute Gasteiger partial charge is 0.329 e. The largest absolute Gasteiger partial charge is 0.368 e. The number of hydrogen-bond acceptors (Lipinski definition) is 6. The van der Waals surface area contributed by atoms with Crippen molar-refractivity contribution in [1.82, 2.24) is 9.97 Å². The Labute approximate surface area is 112 Å². The molecule has 1 aliphatic rings. The molecule has 0 unspecified atom stereocenters. The van der Waals surface area contributed by atoms with E-state index in [-0.39, 0.29) is 11.6 Å².